The molecule has 0 saturated carbocycles. The van der Waals surface area contributed by atoms with Crippen molar-refractivity contribution in [3.05, 3.63) is 71.8 Å². The van der Waals surface area contributed by atoms with Gasteiger partial charge in [-0.25, -0.2) is 8.42 Å². The Kier molecular flexibility index (Phi) is 5.67. The lowest BCUT2D eigenvalue weighted by atomic mass is 9.82. The van der Waals surface area contributed by atoms with Crippen LogP contribution in [0.3, 0.4) is 0 Å². The molecule has 0 bridgehead atoms. The smallest absolute Gasteiger partial charge is 0.324 e. The number of benzene rings is 2. The number of sulfone groups is 1. The summed E-state index contributed by atoms with van der Waals surface area (Å²) in [6, 6.07) is 20.2. The molecule has 0 N–H and O–H groups in total. The Morgan fingerprint density at radius 1 is 1.04 bits per heavy atom. The molecule has 1 heterocycles. The van der Waals surface area contributed by atoms with Gasteiger partial charge in [0.15, 0.2) is 15.1 Å². The maximum absolute atomic E-state index is 12.2. The molecule has 27 heavy (non-hydrogen) atoms. The minimum atomic E-state index is -3.55. The summed E-state index contributed by atoms with van der Waals surface area (Å²) in [5.74, 6) is -0.965. The summed E-state index contributed by atoms with van der Waals surface area (Å²) < 4.78 is 29.2. The van der Waals surface area contributed by atoms with Crippen LogP contribution in [-0.2, 0) is 19.4 Å². The molecule has 2 aromatic rings. The summed E-state index contributed by atoms with van der Waals surface area (Å²) in [4.78, 5) is 14.4. The number of nitrogens with zero attached hydrogens (tertiary/aromatic N) is 1. The lowest BCUT2D eigenvalue weighted by Crippen LogP contribution is -2.62. The molecule has 6 heteroatoms. The quantitative estimate of drug-likeness (QED) is 0.713. The zero-order valence-corrected chi connectivity index (χ0v) is 16.6. The largest absolute Gasteiger partial charge is 0.468 e. The molecule has 3 atom stereocenters. The van der Waals surface area contributed by atoms with Crippen LogP contribution in [0.2, 0.25) is 0 Å². The highest BCUT2D eigenvalue weighted by atomic mass is 32.2. The first-order valence-corrected chi connectivity index (χ1v) is 10.9. The van der Waals surface area contributed by atoms with Crippen molar-refractivity contribution >= 4 is 15.8 Å². The zero-order valence-electron chi connectivity index (χ0n) is 15.8. The van der Waals surface area contributed by atoms with E-state index >= 15 is 0 Å². The monoisotopic (exact) mass is 387 g/mol. The van der Waals surface area contributed by atoms with E-state index < -0.39 is 21.1 Å². The van der Waals surface area contributed by atoms with E-state index in [0.29, 0.717) is 6.54 Å². The van der Waals surface area contributed by atoms with Gasteiger partial charge < -0.3 is 4.74 Å². The fourth-order valence-electron chi connectivity index (χ4n) is 3.99. The second-order valence-corrected chi connectivity index (χ2v) is 9.27. The normalized spacial score (nSPS) is 21.5. The summed E-state index contributed by atoms with van der Waals surface area (Å²) in [6.45, 7) is 2.50. The van der Waals surface area contributed by atoms with Crippen molar-refractivity contribution in [1.82, 2.24) is 4.90 Å². The Morgan fingerprint density at radius 3 is 1.89 bits per heavy atom. The number of ether oxygens (including phenoxy) is 1. The Hall–Kier alpha value is -2.18. The van der Waals surface area contributed by atoms with Gasteiger partial charge in [-0.2, -0.15) is 0 Å². The summed E-state index contributed by atoms with van der Waals surface area (Å²) in [5, 5.41) is -1.12. The van der Waals surface area contributed by atoms with Crippen LogP contribution < -0.4 is 0 Å². The fourth-order valence-corrected chi connectivity index (χ4v) is 5.38. The molecule has 1 aliphatic rings. The SMILES string of the molecule is COC(=O)C([C@@H]1CN(C(c2ccccc2)c2ccccc2)[C@H]1C)S(C)(=O)=O. The number of hydrogen-bond acceptors (Lipinski definition) is 5. The van der Waals surface area contributed by atoms with Crippen LogP contribution >= 0.6 is 0 Å². The molecule has 144 valence electrons. The van der Waals surface area contributed by atoms with Crippen LogP contribution in [0.15, 0.2) is 60.7 Å². The van der Waals surface area contributed by atoms with E-state index in [1.807, 2.05) is 43.3 Å². The maximum atomic E-state index is 12.2. The van der Waals surface area contributed by atoms with E-state index in [1.165, 1.54) is 7.11 Å². The molecule has 1 saturated heterocycles. The van der Waals surface area contributed by atoms with Crippen LogP contribution in [0.5, 0.6) is 0 Å². The number of rotatable bonds is 6. The number of likely N-dealkylation sites (tertiary alicyclic amines) is 1. The molecule has 0 aliphatic carbocycles. The molecule has 0 amide bonds. The van der Waals surface area contributed by atoms with Crippen molar-refractivity contribution in [1.29, 1.82) is 0 Å². The van der Waals surface area contributed by atoms with E-state index in [-0.39, 0.29) is 18.0 Å². The summed E-state index contributed by atoms with van der Waals surface area (Å²) in [6.07, 6.45) is 1.11. The van der Waals surface area contributed by atoms with E-state index in [4.69, 9.17) is 4.74 Å². The van der Waals surface area contributed by atoms with Gasteiger partial charge in [0.05, 0.1) is 13.2 Å². The third kappa shape index (κ3) is 3.92. The molecule has 1 unspecified atom stereocenters. The highest BCUT2D eigenvalue weighted by molar-refractivity contribution is 7.92. The van der Waals surface area contributed by atoms with E-state index in [9.17, 15) is 13.2 Å². The van der Waals surface area contributed by atoms with Crippen molar-refractivity contribution in [2.75, 3.05) is 19.9 Å². The minimum absolute atomic E-state index is 0.0107. The van der Waals surface area contributed by atoms with Gasteiger partial charge in [0, 0.05) is 24.8 Å². The van der Waals surface area contributed by atoms with Crippen molar-refractivity contribution in [3.8, 4) is 0 Å². The first-order chi connectivity index (χ1) is 12.8. The van der Waals surface area contributed by atoms with Gasteiger partial charge in [-0.15, -0.1) is 0 Å². The summed E-state index contributed by atoms with van der Waals surface area (Å²) in [7, 11) is -2.31. The third-order valence-electron chi connectivity index (χ3n) is 5.41. The molecule has 5 nitrogen and oxygen atoms in total. The van der Waals surface area contributed by atoms with Gasteiger partial charge in [-0.05, 0) is 18.1 Å². The van der Waals surface area contributed by atoms with Crippen LogP contribution in [0, 0.1) is 5.92 Å². The van der Waals surface area contributed by atoms with Gasteiger partial charge >= 0.3 is 5.97 Å². The minimum Gasteiger partial charge on any atom is -0.468 e. The number of carbonyl (C=O) groups is 1. The molecule has 1 fully saturated rings. The summed E-state index contributed by atoms with van der Waals surface area (Å²) in [5.41, 5.74) is 2.28. The van der Waals surface area contributed by atoms with Crippen LogP contribution in [0.25, 0.3) is 0 Å². The first kappa shape index (κ1) is 19.6. The Labute approximate surface area is 160 Å². The fraction of sp³-hybridized carbons (Fsp3) is 0.381. The lowest BCUT2D eigenvalue weighted by molar-refractivity contribution is -0.144. The number of esters is 1. The average Bonchev–Trinajstić information content (AvgIpc) is 2.67. The molecule has 2 aromatic carbocycles. The topological polar surface area (TPSA) is 63.7 Å². The van der Waals surface area contributed by atoms with Crippen LogP contribution in [0.4, 0.5) is 0 Å². The Balaban J connectivity index is 1.92. The molecule has 1 aliphatic heterocycles. The van der Waals surface area contributed by atoms with Crippen molar-refractivity contribution in [3.63, 3.8) is 0 Å². The van der Waals surface area contributed by atoms with E-state index in [0.717, 1.165) is 17.4 Å². The van der Waals surface area contributed by atoms with Crippen LogP contribution in [0.1, 0.15) is 24.1 Å². The number of carbonyl (C=O) groups excluding carboxylic acids is 1. The van der Waals surface area contributed by atoms with Gasteiger partial charge in [0.2, 0.25) is 0 Å². The second kappa shape index (κ2) is 7.82. The molecular weight excluding hydrogens is 362 g/mol. The number of methoxy groups -OCH3 is 1. The Morgan fingerprint density at radius 2 is 1.52 bits per heavy atom. The van der Waals surface area contributed by atoms with E-state index in [1.54, 1.807) is 0 Å². The second-order valence-electron chi connectivity index (χ2n) is 7.10. The van der Waals surface area contributed by atoms with Gasteiger partial charge in [0.25, 0.3) is 0 Å². The van der Waals surface area contributed by atoms with Crippen molar-refractivity contribution in [2.45, 2.75) is 24.3 Å². The molecule has 0 spiro atoms. The van der Waals surface area contributed by atoms with Crippen LogP contribution in [-0.4, -0.2) is 50.5 Å². The van der Waals surface area contributed by atoms with Crippen molar-refractivity contribution < 1.29 is 17.9 Å². The van der Waals surface area contributed by atoms with Gasteiger partial charge in [-0.3, -0.25) is 9.69 Å². The highest BCUT2D eigenvalue weighted by Gasteiger charge is 2.50. The predicted molar refractivity (Wildman–Crippen MR) is 105 cm³/mol. The summed E-state index contributed by atoms with van der Waals surface area (Å²) >= 11 is 0. The predicted octanol–water partition coefficient (Wildman–Crippen LogP) is 2.68. The third-order valence-corrected chi connectivity index (χ3v) is 6.87. The molecule has 0 radical (unpaired) electrons. The average molecular weight is 388 g/mol. The molecule has 3 rings (SSSR count). The van der Waals surface area contributed by atoms with Crippen molar-refractivity contribution in [2.24, 2.45) is 5.92 Å². The maximum Gasteiger partial charge on any atom is 0.324 e. The zero-order chi connectivity index (χ0) is 19.6. The van der Waals surface area contributed by atoms with E-state index in [2.05, 4.69) is 29.2 Å². The lowest BCUT2D eigenvalue weighted by Gasteiger charge is -2.52. The Bertz CT molecular complexity index is 843. The van der Waals surface area contributed by atoms with Gasteiger partial charge in [-0.1, -0.05) is 60.7 Å². The first-order valence-electron chi connectivity index (χ1n) is 8.97. The standard InChI is InChI=1S/C21H25NO4S/c1-15-18(20(21(23)26-2)27(3,24)25)14-22(15)19(16-10-6-4-7-11-16)17-12-8-5-9-13-17/h4-13,15,18-20H,14H2,1-3H3/t15-,18+,20?/m0/s1. The molecule has 0 aromatic heterocycles. The number of hydrogen-bond donors (Lipinski definition) is 0. The van der Waals surface area contributed by atoms with Gasteiger partial charge in [0.1, 0.15) is 0 Å². The highest BCUT2D eigenvalue weighted by Crippen LogP contribution is 2.41. The molecular formula is C21H25NO4S.